The van der Waals surface area contributed by atoms with Gasteiger partial charge in [0.25, 0.3) is 11.8 Å². The highest BCUT2D eigenvalue weighted by molar-refractivity contribution is 6.05. The number of alkyl halides is 6. The normalized spacial score (nSPS) is 12.6. The summed E-state index contributed by atoms with van der Waals surface area (Å²) >= 11 is 0. The highest BCUT2D eigenvalue weighted by atomic mass is 19.4. The third-order valence-corrected chi connectivity index (χ3v) is 20.8. The third kappa shape index (κ3) is 28.7. The average Bonchev–Trinajstić information content (AvgIpc) is 0.982. The fraction of sp³-hybridized carbons (Fsp3) is 0.194. The summed E-state index contributed by atoms with van der Waals surface area (Å²) in [5.74, 6) is -4.85. The maximum Gasteiger partial charge on any atom is 0.471 e. The zero-order valence-electron chi connectivity index (χ0n) is 77.4. The molecule has 1 saturated heterocycles. The van der Waals surface area contributed by atoms with Crippen LogP contribution in [-0.4, -0.2) is 196 Å². The minimum atomic E-state index is -5.05. The van der Waals surface area contributed by atoms with E-state index in [4.69, 9.17) is 28.4 Å². The molecule has 7 amide bonds. The molecule has 9 heterocycles. The average molecular weight is 2000 g/mol. The Labute approximate surface area is 821 Å². The number of methoxy groups -OCH3 is 1. The molecule has 145 heavy (non-hydrogen) atoms. The lowest BCUT2D eigenvalue weighted by molar-refractivity contribution is -0.170. The lowest BCUT2D eigenvalue weighted by Crippen LogP contribution is -2.45. The third-order valence-electron chi connectivity index (χ3n) is 20.8. The van der Waals surface area contributed by atoms with Gasteiger partial charge < -0.3 is 96.3 Å². The molecule has 5 aromatic heterocycles. The maximum absolute atomic E-state index is 14.4. The molecule has 12 aromatic rings. The van der Waals surface area contributed by atoms with E-state index in [0.717, 1.165) is 51.1 Å². The zero-order chi connectivity index (χ0) is 103. The SMILES string of the molecule is C=CC(=O)N1CCOc2ccc(Nc3nc(Nc4ccc(N(C)C(=O)C(F)(F)F)nc4)ncc3C(C)=O)cc21.C=CC(=O)N1CCOc2ccc(Nc3nc(Nc4ccc(OCCOC)cc4)ncc3F)cc21.C=CC(=O)Nc1cccc(Nc2nc(Nc3ccc4c(c3)N(C(=O)C(F)(F)F)CCO4)ncc2F)c1.C=CC(=O)Nc1cccc(Nc2nc(Nc3cccc(OCCCN4CCCC4=O)c3)ncc2F)c1. The van der Waals surface area contributed by atoms with Crippen molar-refractivity contribution in [1.29, 1.82) is 0 Å². The highest BCUT2D eigenvalue weighted by Gasteiger charge is 2.45. The Morgan fingerprint density at radius 3 is 1.30 bits per heavy atom. The molecule has 0 spiro atoms. The van der Waals surface area contributed by atoms with Gasteiger partial charge in [-0.3, -0.25) is 48.2 Å². The van der Waals surface area contributed by atoms with Gasteiger partial charge in [0.15, 0.2) is 40.7 Å². The second-order valence-corrected chi connectivity index (χ2v) is 31.0. The predicted molar refractivity (Wildman–Crippen MR) is 524 cm³/mol. The first kappa shape index (κ1) is 104. The van der Waals surface area contributed by atoms with Crippen molar-refractivity contribution < 1.29 is 106 Å². The molecule has 0 unspecified atom stereocenters. The Balaban J connectivity index is 0.000000162. The standard InChI is InChI=1S/C26H27FN6O3.C25H22F3N7O4.C24H24FN5O4.C23H18F4N6O3/c1-2-23(34)29-18-7-3-8-19(15-18)30-25-22(27)17-28-26(32-25)31-20-9-4-10-21(16-20)36-14-6-13-33-12-5-11-24(33)35;1-4-21(37)35-9-10-39-19-7-5-15(11-18(19)35)31-22-17(14(2)36)13-30-24(33-22)32-16-6-8-20(29-12-16)34(3)23(38)25(26,27)28;1-3-22(31)30-10-11-34-21-9-6-17(14-20(21)30)27-23-19(25)15-26-24(29-23)28-16-4-7-18(8-5-16)33-13-12-32-2;1-2-19(34)29-13-4-3-5-14(10-13)30-20-16(24)12-28-22(32-20)31-15-6-7-18-17(11-15)33(8-9-36-18)21(35)23(25,26)27/h2-4,7-10,15-17H,1,5-6,11-14H2,(H,29,34)(H2,28,30,31,32);4-8,11-13H,1,9-10H2,2-3H3,(H2,30,31,32,33);3-9,14-15H,1,10-13H2,2H3,(H2,26,27,28,29);2-7,10-12H,1,8-9H2,(H,29,34)(H2,28,30,31,32). The van der Waals surface area contributed by atoms with E-state index < -0.39 is 47.5 Å². The summed E-state index contributed by atoms with van der Waals surface area (Å²) in [4.78, 5) is 137. The number of amides is 7. The van der Waals surface area contributed by atoms with Gasteiger partial charge in [-0.1, -0.05) is 44.5 Å². The van der Waals surface area contributed by atoms with Gasteiger partial charge in [-0.2, -0.15) is 46.3 Å². The van der Waals surface area contributed by atoms with Crippen molar-refractivity contribution in [2.75, 3.05) is 159 Å². The van der Waals surface area contributed by atoms with Crippen molar-refractivity contribution in [1.82, 2.24) is 49.8 Å². The number of anilines is 22. The van der Waals surface area contributed by atoms with Gasteiger partial charge in [-0.15, -0.1) is 0 Å². The smallest absolute Gasteiger partial charge is 0.471 e. The molecule has 0 atom stereocenters. The van der Waals surface area contributed by atoms with Crippen LogP contribution in [0.4, 0.5) is 166 Å². The van der Waals surface area contributed by atoms with Crippen LogP contribution in [-0.2, 0) is 38.3 Å². The van der Waals surface area contributed by atoms with Crippen molar-refractivity contribution in [2.45, 2.75) is 38.5 Å². The van der Waals surface area contributed by atoms with Crippen molar-refractivity contribution in [3.8, 4) is 28.7 Å². The molecular formula is C98H91F9N24O14. The molecular weight excluding hydrogens is 1910 g/mol. The minimum absolute atomic E-state index is 0.0182. The number of pyridine rings is 1. The van der Waals surface area contributed by atoms with E-state index >= 15 is 0 Å². The van der Waals surface area contributed by atoms with Crippen LogP contribution in [0.5, 0.6) is 28.7 Å². The molecule has 750 valence electrons. The van der Waals surface area contributed by atoms with E-state index in [9.17, 15) is 77.9 Å². The first-order valence-electron chi connectivity index (χ1n) is 44.0. The van der Waals surface area contributed by atoms with Crippen LogP contribution in [0.1, 0.15) is 36.5 Å². The summed E-state index contributed by atoms with van der Waals surface area (Å²) in [6.45, 7) is 19.3. The Bertz CT molecular complexity index is 6800. The number of likely N-dealkylation sites (tertiary alicyclic amines) is 1. The van der Waals surface area contributed by atoms with Gasteiger partial charge >= 0.3 is 24.2 Å². The van der Waals surface area contributed by atoms with Gasteiger partial charge in [-0.05, 0) is 184 Å². The Kier molecular flexibility index (Phi) is 34.8. The molecule has 38 nitrogen and oxygen atoms in total. The number of fused-ring (bicyclic) bond motifs is 3. The van der Waals surface area contributed by atoms with Gasteiger partial charge in [0.1, 0.15) is 66.8 Å². The largest absolute Gasteiger partial charge is 0.493 e. The highest BCUT2D eigenvalue weighted by Crippen LogP contribution is 2.41. The van der Waals surface area contributed by atoms with Gasteiger partial charge in [0.2, 0.25) is 41.5 Å². The quantitative estimate of drug-likeness (QED) is 0.00790. The van der Waals surface area contributed by atoms with Crippen molar-refractivity contribution >= 4 is 174 Å². The number of benzene rings is 7. The number of ether oxygens (including phenoxy) is 6. The molecule has 7 aromatic carbocycles. The Hall–Kier alpha value is -18.3. The predicted octanol–water partition coefficient (Wildman–Crippen LogP) is 17.2. The Morgan fingerprint density at radius 2 is 0.848 bits per heavy atom. The van der Waals surface area contributed by atoms with Crippen LogP contribution < -0.4 is 96.5 Å². The molecule has 16 rings (SSSR count). The summed E-state index contributed by atoms with van der Waals surface area (Å²) in [7, 11) is 2.58. The number of hydrogen-bond donors (Lipinski definition) is 10. The van der Waals surface area contributed by atoms with Crippen molar-refractivity contribution in [2.24, 2.45) is 0 Å². The second-order valence-electron chi connectivity index (χ2n) is 31.0. The summed E-state index contributed by atoms with van der Waals surface area (Å²) in [6, 6.07) is 44.7. The van der Waals surface area contributed by atoms with Crippen LogP contribution in [0.2, 0.25) is 0 Å². The summed E-state index contributed by atoms with van der Waals surface area (Å²) in [5.41, 5.74) is 6.10. The van der Waals surface area contributed by atoms with E-state index in [0.29, 0.717) is 154 Å². The van der Waals surface area contributed by atoms with E-state index in [2.05, 4.69) is 124 Å². The molecule has 10 N–H and O–H groups in total. The van der Waals surface area contributed by atoms with E-state index in [1.54, 1.807) is 127 Å². The number of carbonyl (C=O) groups excluding carboxylic acids is 8. The van der Waals surface area contributed by atoms with Crippen LogP contribution in [0.3, 0.4) is 0 Å². The van der Waals surface area contributed by atoms with Crippen molar-refractivity contribution in [3.05, 3.63) is 268 Å². The van der Waals surface area contributed by atoms with Crippen LogP contribution >= 0.6 is 0 Å². The molecule has 4 aliphatic heterocycles. The van der Waals surface area contributed by atoms with Crippen LogP contribution in [0.25, 0.3) is 0 Å². The van der Waals surface area contributed by atoms with E-state index in [1.165, 1.54) is 72.8 Å². The van der Waals surface area contributed by atoms with E-state index in [-0.39, 0.29) is 118 Å². The van der Waals surface area contributed by atoms with Crippen LogP contribution in [0.15, 0.2) is 245 Å². The van der Waals surface area contributed by atoms with Crippen molar-refractivity contribution in [3.63, 3.8) is 0 Å². The number of nitrogens with one attached hydrogen (secondary N) is 10. The number of rotatable bonds is 33. The topological polar surface area (TPSA) is 444 Å². The number of aromatic nitrogens is 9. The zero-order valence-corrected chi connectivity index (χ0v) is 77.4. The fourth-order valence-electron chi connectivity index (χ4n) is 13.9. The first-order valence-corrected chi connectivity index (χ1v) is 44.0. The Morgan fingerprint density at radius 1 is 0.434 bits per heavy atom. The number of halogens is 9. The first-order chi connectivity index (χ1) is 69.7. The second kappa shape index (κ2) is 48.5. The summed E-state index contributed by atoms with van der Waals surface area (Å²) < 4.78 is 153. The molecule has 0 radical (unpaired) electrons. The molecule has 1 fully saturated rings. The number of hydrogen-bond acceptors (Lipinski definition) is 31. The minimum Gasteiger partial charge on any atom is -0.493 e. The van der Waals surface area contributed by atoms with E-state index in [1.807, 2.05) is 23.1 Å². The maximum atomic E-state index is 14.4. The van der Waals surface area contributed by atoms with Crippen LogP contribution in [0, 0.1) is 17.5 Å². The lowest BCUT2D eigenvalue weighted by Gasteiger charge is -2.30. The summed E-state index contributed by atoms with van der Waals surface area (Å²) in [6.07, 6.45) is 2.52. The monoisotopic (exact) mass is 2000 g/mol. The van der Waals surface area contributed by atoms with Gasteiger partial charge in [0.05, 0.1) is 85.9 Å². The van der Waals surface area contributed by atoms with Gasteiger partial charge in [0, 0.05) is 97.1 Å². The summed E-state index contributed by atoms with van der Waals surface area (Å²) in [5, 5.41) is 28.6. The molecule has 0 bridgehead atoms. The fourth-order valence-corrected chi connectivity index (χ4v) is 13.9. The number of carbonyl (C=O) groups is 8. The molecule has 0 aliphatic carbocycles. The molecule has 0 saturated carbocycles. The molecule has 4 aliphatic rings. The number of nitrogens with zero attached hydrogens (tertiary/aromatic N) is 14. The number of Topliss-reactive ketones (excluding diaryl/α,β-unsaturated/α-hetero) is 1. The lowest BCUT2D eigenvalue weighted by atomic mass is 10.2. The number of ketones is 1. The molecule has 47 heteroatoms. The van der Waals surface area contributed by atoms with Gasteiger partial charge in [-0.25, -0.2) is 38.1 Å².